The molecule has 0 aliphatic carbocycles. The molecular weight excluding hydrogens is 354 g/mol. The summed E-state index contributed by atoms with van der Waals surface area (Å²) in [6.07, 6.45) is 1.77. The molecule has 0 rings (SSSR count). The van der Waals surface area contributed by atoms with Gasteiger partial charge in [-0.1, -0.05) is 20.4 Å². The van der Waals surface area contributed by atoms with Crippen LogP contribution in [-0.2, 0) is 32.2 Å². The predicted molar refractivity (Wildman–Crippen MR) is 79.4 cm³/mol. The first-order valence-corrected chi connectivity index (χ1v) is 9.66. The van der Waals surface area contributed by atoms with Crippen molar-refractivity contribution >= 4 is 21.6 Å². The van der Waals surface area contributed by atoms with E-state index >= 15 is 0 Å². The molecule has 1 amide bonds. The molecule has 2 unspecified atom stereocenters. The van der Waals surface area contributed by atoms with Crippen molar-refractivity contribution in [3.63, 3.8) is 0 Å². The molecule has 0 aliphatic rings. The summed E-state index contributed by atoms with van der Waals surface area (Å²) < 4.78 is 41.4. The Bertz CT molecular complexity index is 443. The topological polar surface area (TPSA) is 144 Å². The second-order valence-electron chi connectivity index (χ2n) is 4.00. The van der Waals surface area contributed by atoms with Crippen molar-refractivity contribution in [1.82, 2.24) is 10.5 Å². The largest absolute Gasteiger partial charge is 0.491 e. The van der Waals surface area contributed by atoms with Gasteiger partial charge >= 0.3 is 15.6 Å². The van der Waals surface area contributed by atoms with Crippen LogP contribution in [-0.4, -0.2) is 40.8 Å². The summed E-state index contributed by atoms with van der Waals surface area (Å²) >= 11 is 0. The Morgan fingerprint density at radius 1 is 1.13 bits per heavy atom. The van der Waals surface area contributed by atoms with E-state index in [-0.39, 0.29) is 18.4 Å². The maximum Gasteiger partial charge on any atom is 0.491 e. The molecule has 0 spiro atoms. The smallest absolute Gasteiger partial charge is 0.335 e. The van der Waals surface area contributed by atoms with E-state index in [0.29, 0.717) is 12.8 Å². The van der Waals surface area contributed by atoms with Gasteiger partial charge < -0.3 is 15.1 Å². The lowest BCUT2D eigenvalue weighted by molar-refractivity contribution is -0.279. The quantitative estimate of drug-likeness (QED) is 0.187. The molecule has 0 aromatic carbocycles. The normalized spacial score (nSPS) is 16.6. The molecule has 3 N–H and O–H groups in total. The number of nitrogens with one attached hydrogen (secondary N) is 1. The molecule has 0 aromatic rings. The van der Waals surface area contributed by atoms with Crippen LogP contribution in [0.2, 0.25) is 0 Å². The number of hydrogen-bond acceptors (Lipinski definition) is 8. The third-order valence-corrected chi connectivity index (χ3v) is 3.67. The number of rotatable bonds is 13. The van der Waals surface area contributed by atoms with Gasteiger partial charge in [-0.3, -0.25) is 13.8 Å². The molecular formula is C10H22N2O9P2. The number of hydrogen-bond donors (Lipinski definition) is 3. The fourth-order valence-corrected chi connectivity index (χ4v) is 2.59. The third kappa shape index (κ3) is 11.5. The van der Waals surface area contributed by atoms with E-state index in [4.69, 9.17) is 0 Å². The van der Waals surface area contributed by atoms with E-state index in [1.807, 2.05) is 0 Å². The lowest BCUT2D eigenvalue weighted by Crippen LogP contribution is -2.36. The third-order valence-electron chi connectivity index (χ3n) is 1.87. The van der Waals surface area contributed by atoms with Gasteiger partial charge in [-0.05, 0) is 24.1 Å². The molecule has 11 nitrogen and oxygen atoms in total. The van der Waals surface area contributed by atoms with Gasteiger partial charge in [0.25, 0.3) is 0 Å². The van der Waals surface area contributed by atoms with Crippen molar-refractivity contribution in [1.29, 1.82) is 0 Å². The minimum absolute atomic E-state index is 0.0935. The van der Waals surface area contributed by atoms with Crippen molar-refractivity contribution in [3.05, 3.63) is 12.7 Å². The average molecular weight is 376 g/mol. The number of hydroxylamine groups is 2. The highest BCUT2D eigenvalue weighted by Gasteiger charge is 2.33. The molecule has 0 saturated carbocycles. The fraction of sp³-hybridized carbons (Fsp3) is 0.700. The lowest BCUT2D eigenvalue weighted by Gasteiger charge is -2.24. The molecule has 13 heteroatoms. The van der Waals surface area contributed by atoms with Crippen LogP contribution in [0.3, 0.4) is 0 Å². The standard InChI is InChI=1S/C10H22N2O9P2/c1-4-7-18-22(14,15)20-12(9-11-10(13)6-3)21-23(16,17)19-8-5-2/h6H,3-5,7-9H2,1-2H3,(H,11,13)(H,14,15)(H,16,17). The zero-order valence-electron chi connectivity index (χ0n) is 12.9. The van der Waals surface area contributed by atoms with Crippen molar-refractivity contribution in [2.75, 3.05) is 19.9 Å². The highest BCUT2D eigenvalue weighted by atomic mass is 31.2. The van der Waals surface area contributed by atoms with Gasteiger partial charge in [0.15, 0.2) is 0 Å². The summed E-state index contributed by atoms with van der Waals surface area (Å²) in [5.41, 5.74) is 0. The van der Waals surface area contributed by atoms with Crippen LogP contribution < -0.4 is 5.32 Å². The number of phosphoric ester groups is 2. The molecule has 0 heterocycles. The van der Waals surface area contributed by atoms with Gasteiger partial charge in [-0.2, -0.15) is 9.25 Å². The molecule has 0 radical (unpaired) electrons. The highest BCUT2D eigenvalue weighted by molar-refractivity contribution is 7.48. The monoisotopic (exact) mass is 376 g/mol. The van der Waals surface area contributed by atoms with Crippen molar-refractivity contribution in [2.24, 2.45) is 0 Å². The average Bonchev–Trinajstić information content (AvgIpc) is 2.47. The second-order valence-corrected chi connectivity index (χ2v) is 6.72. The minimum atomic E-state index is -4.61. The minimum Gasteiger partial charge on any atom is -0.335 e. The Hall–Kier alpha value is -0.610. The summed E-state index contributed by atoms with van der Waals surface area (Å²) in [6, 6.07) is 0. The van der Waals surface area contributed by atoms with Crippen LogP contribution in [0, 0.1) is 0 Å². The van der Waals surface area contributed by atoms with E-state index in [9.17, 15) is 23.7 Å². The van der Waals surface area contributed by atoms with E-state index in [1.54, 1.807) is 13.8 Å². The Balaban J connectivity index is 4.86. The molecule has 0 aliphatic heterocycles. The van der Waals surface area contributed by atoms with E-state index in [0.717, 1.165) is 6.08 Å². The Morgan fingerprint density at radius 2 is 1.57 bits per heavy atom. The lowest BCUT2D eigenvalue weighted by atomic mass is 10.5. The van der Waals surface area contributed by atoms with Gasteiger partial charge in [0.05, 0.1) is 13.2 Å². The molecule has 2 atom stereocenters. The maximum absolute atomic E-state index is 11.6. The molecule has 0 bridgehead atoms. The van der Waals surface area contributed by atoms with E-state index in [1.165, 1.54) is 0 Å². The first kappa shape index (κ1) is 22.4. The van der Waals surface area contributed by atoms with Gasteiger partial charge in [0.2, 0.25) is 5.91 Å². The van der Waals surface area contributed by atoms with Crippen LogP contribution in [0.25, 0.3) is 0 Å². The number of amides is 1. The summed E-state index contributed by atoms with van der Waals surface area (Å²) in [7, 11) is -9.22. The first-order valence-electron chi connectivity index (χ1n) is 6.67. The van der Waals surface area contributed by atoms with Crippen LogP contribution in [0.4, 0.5) is 0 Å². The van der Waals surface area contributed by atoms with Crippen LogP contribution in [0.1, 0.15) is 26.7 Å². The number of carbonyl (C=O) groups is 1. The van der Waals surface area contributed by atoms with E-state index < -0.39 is 28.2 Å². The zero-order valence-corrected chi connectivity index (χ0v) is 14.7. The van der Waals surface area contributed by atoms with Crippen molar-refractivity contribution in [3.8, 4) is 0 Å². The molecule has 0 aromatic heterocycles. The van der Waals surface area contributed by atoms with Gasteiger partial charge in [-0.25, -0.2) is 9.13 Å². The molecule has 0 fully saturated rings. The summed E-state index contributed by atoms with van der Waals surface area (Å²) in [5, 5.41) is 2.27. The molecule has 136 valence electrons. The van der Waals surface area contributed by atoms with Crippen molar-refractivity contribution in [2.45, 2.75) is 26.7 Å². The number of carbonyl (C=O) groups excluding carboxylic acids is 1. The number of nitrogens with zero attached hydrogens (tertiary/aromatic N) is 1. The predicted octanol–water partition coefficient (Wildman–Crippen LogP) is 1.47. The SMILES string of the molecule is C=CC(=O)NCN(OP(=O)(O)OCCC)OP(=O)(O)OCCC. The highest BCUT2D eigenvalue weighted by Crippen LogP contribution is 2.49. The van der Waals surface area contributed by atoms with Crippen LogP contribution >= 0.6 is 15.6 Å². The summed E-state index contributed by atoms with van der Waals surface area (Å²) in [5.74, 6) is -0.674. The summed E-state index contributed by atoms with van der Waals surface area (Å²) in [4.78, 5) is 30.0. The second kappa shape index (κ2) is 11.0. The van der Waals surface area contributed by atoms with Gasteiger partial charge in [0, 0.05) is 0 Å². The van der Waals surface area contributed by atoms with Crippen LogP contribution in [0.15, 0.2) is 12.7 Å². The Kier molecular flexibility index (Phi) is 10.7. The first-order chi connectivity index (χ1) is 10.7. The fourth-order valence-electron chi connectivity index (χ4n) is 0.978. The number of phosphoric acid groups is 2. The summed E-state index contributed by atoms with van der Waals surface area (Å²) in [6.45, 7) is 5.74. The maximum atomic E-state index is 11.6. The molecule has 0 saturated heterocycles. The van der Waals surface area contributed by atoms with Crippen molar-refractivity contribution < 1.29 is 42.0 Å². The van der Waals surface area contributed by atoms with Gasteiger partial charge in [0.1, 0.15) is 6.67 Å². The van der Waals surface area contributed by atoms with E-state index in [2.05, 4.69) is 30.2 Å². The Labute approximate surface area is 134 Å². The van der Waals surface area contributed by atoms with Crippen LogP contribution in [0.5, 0.6) is 0 Å². The molecule has 23 heavy (non-hydrogen) atoms. The Morgan fingerprint density at radius 3 is 1.91 bits per heavy atom. The zero-order chi connectivity index (χ0) is 17.9. The van der Waals surface area contributed by atoms with Gasteiger partial charge in [-0.15, -0.1) is 0 Å².